The van der Waals surface area contributed by atoms with Gasteiger partial charge in [0.05, 0.1) is 10.6 Å². The van der Waals surface area contributed by atoms with E-state index in [1.807, 2.05) is 0 Å². The van der Waals surface area contributed by atoms with E-state index in [-0.39, 0.29) is 11.6 Å². The van der Waals surface area contributed by atoms with Gasteiger partial charge in [-0.05, 0) is 29.8 Å². The fourth-order valence-corrected chi connectivity index (χ4v) is 3.08. The maximum atomic E-state index is 13.3. The Hall–Kier alpha value is -1.78. The quantitative estimate of drug-likeness (QED) is 0.617. The molecular formula is C15H8ClF2NS. The molecule has 0 spiro atoms. The lowest BCUT2D eigenvalue weighted by atomic mass is 10.1. The van der Waals surface area contributed by atoms with E-state index in [0.717, 1.165) is 4.88 Å². The Balaban J connectivity index is 2.18. The lowest BCUT2D eigenvalue weighted by Gasteiger charge is -2.03. The van der Waals surface area contributed by atoms with Gasteiger partial charge in [-0.15, -0.1) is 11.3 Å². The average Bonchev–Trinajstić information content (AvgIpc) is 2.81. The Morgan fingerprint density at radius 1 is 0.900 bits per heavy atom. The number of nitrogens with zero attached hydrogens (tertiary/aromatic N) is 1. The van der Waals surface area contributed by atoms with Gasteiger partial charge >= 0.3 is 0 Å². The summed E-state index contributed by atoms with van der Waals surface area (Å²) < 4.78 is 27.0. The number of hydrogen-bond acceptors (Lipinski definition) is 2. The Morgan fingerprint density at radius 3 is 2.15 bits per heavy atom. The summed E-state index contributed by atoms with van der Waals surface area (Å²) in [5, 5.41) is 0. The molecule has 0 aliphatic carbocycles. The second kappa shape index (κ2) is 5.31. The third-order valence-electron chi connectivity index (χ3n) is 2.79. The second-order valence-electron chi connectivity index (χ2n) is 4.17. The van der Waals surface area contributed by atoms with Crippen molar-refractivity contribution in [3.05, 3.63) is 64.6 Å². The van der Waals surface area contributed by atoms with Crippen molar-refractivity contribution >= 4 is 22.9 Å². The van der Waals surface area contributed by atoms with Crippen LogP contribution in [0.5, 0.6) is 0 Å². The van der Waals surface area contributed by atoms with Crippen LogP contribution in [0.2, 0.25) is 4.47 Å². The molecule has 1 nitrogen and oxygen atoms in total. The van der Waals surface area contributed by atoms with Crippen molar-refractivity contribution in [1.29, 1.82) is 0 Å². The fraction of sp³-hybridized carbons (Fsp3) is 0. The number of thiazole rings is 1. The SMILES string of the molecule is Fc1cccc(-c2nc(Cl)sc2-c2cccc(F)c2)c1. The molecule has 0 fully saturated rings. The third kappa shape index (κ3) is 2.57. The highest BCUT2D eigenvalue weighted by atomic mass is 35.5. The van der Waals surface area contributed by atoms with Gasteiger partial charge in [-0.2, -0.15) is 0 Å². The summed E-state index contributed by atoms with van der Waals surface area (Å²) in [5.41, 5.74) is 1.85. The third-order valence-corrected chi connectivity index (χ3v) is 3.99. The summed E-state index contributed by atoms with van der Waals surface area (Å²) >= 11 is 7.21. The van der Waals surface area contributed by atoms with E-state index in [4.69, 9.17) is 11.6 Å². The maximum Gasteiger partial charge on any atom is 0.184 e. The molecule has 1 aromatic heterocycles. The fourth-order valence-electron chi connectivity index (χ4n) is 1.95. The number of aromatic nitrogens is 1. The van der Waals surface area contributed by atoms with Gasteiger partial charge in [0.25, 0.3) is 0 Å². The Labute approximate surface area is 123 Å². The van der Waals surface area contributed by atoms with E-state index in [2.05, 4.69) is 4.98 Å². The molecule has 0 aliphatic rings. The van der Waals surface area contributed by atoms with E-state index < -0.39 is 0 Å². The van der Waals surface area contributed by atoms with Gasteiger partial charge in [-0.25, -0.2) is 13.8 Å². The molecule has 0 N–H and O–H groups in total. The average molecular weight is 308 g/mol. The van der Waals surface area contributed by atoms with Gasteiger partial charge in [0, 0.05) is 5.56 Å². The van der Waals surface area contributed by atoms with E-state index in [1.165, 1.54) is 35.6 Å². The van der Waals surface area contributed by atoms with Crippen molar-refractivity contribution < 1.29 is 8.78 Å². The standard InChI is InChI=1S/C15H8ClF2NS/c16-15-19-13(9-3-1-5-11(17)7-9)14(20-15)10-4-2-6-12(18)8-10/h1-8H. The summed E-state index contributed by atoms with van der Waals surface area (Å²) in [7, 11) is 0. The van der Waals surface area contributed by atoms with E-state index in [1.54, 1.807) is 24.3 Å². The van der Waals surface area contributed by atoms with Crippen LogP contribution in [0.25, 0.3) is 21.7 Å². The molecule has 5 heteroatoms. The van der Waals surface area contributed by atoms with Crippen LogP contribution in [0.1, 0.15) is 0 Å². The van der Waals surface area contributed by atoms with Crippen LogP contribution in [0.4, 0.5) is 8.78 Å². The van der Waals surface area contributed by atoms with E-state index in [9.17, 15) is 8.78 Å². The Morgan fingerprint density at radius 2 is 1.50 bits per heavy atom. The molecule has 0 atom stereocenters. The molecule has 0 aliphatic heterocycles. The minimum absolute atomic E-state index is 0.336. The molecule has 0 bridgehead atoms. The van der Waals surface area contributed by atoms with Crippen LogP contribution in [-0.2, 0) is 0 Å². The van der Waals surface area contributed by atoms with Crippen molar-refractivity contribution in [3.63, 3.8) is 0 Å². The van der Waals surface area contributed by atoms with Gasteiger partial charge < -0.3 is 0 Å². The van der Waals surface area contributed by atoms with Crippen molar-refractivity contribution in [2.75, 3.05) is 0 Å². The van der Waals surface area contributed by atoms with Crippen molar-refractivity contribution in [2.45, 2.75) is 0 Å². The Kier molecular flexibility index (Phi) is 3.51. The van der Waals surface area contributed by atoms with Crippen LogP contribution in [-0.4, -0.2) is 4.98 Å². The lowest BCUT2D eigenvalue weighted by Crippen LogP contribution is -1.84. The van der Waals surface area contributed by atoms with Gasteiger partial charge in [0.2, 0.25) is 0 Å². The summed E-state index contributed by atoms with van der Waals surface area (Å²) in [6.07, 6.45) is 0. The predicted octanol–water partition coefficient (Wildman–Crippen LogP) is 5.41. The predicted molar refractivity (Wildman–Crippen MR) is 77.9 cm³/mol. The van der Waals surface area contributed by atoms with Crippen LogP contribution >= 0.6 is 22.9 Å². The Bertz CT molecular complexity index is 707. The zero-order valence-corrected chi connectivity index (χ0v) is 11.7. The van der Waals surface area contributed by atoms with Crippen LogP contribution in [0.15, 0.2) is 48.5 Å². The second-order valence-corrected chi connectivity index (χ2v) is 5.75. The smallest absolute Gasteiger partial charge is 0.184 e. The van der Waals surface area contributed by atoms with Crippen molar-refractivity contribution in [2.24, 2.45) is 0 Å². The number of halogens is 3. The maximum absolute atomic E-state index is 13.3. The van der Waals surface area contributed by atoms with Gasteiger partial charge in [0.1, 0.15) is 11.6 Å². The first-order valence-corrected chi connectivity index (χ1v) is 7.01. The summed E-state index contributed by atoms with van der Waals surface area (Å²) in [6.45, 7) is 0. The summed E-state index contributed by atoms with van der Waals surface area (Å²) in [6, 6.07) is 12.3. The molecule has 2 aromatic carbocycles. The highest BCUT2D eigenvalue weighted by molar-refractivity contribution is 7.19. The largest absolute Gasteiger partial charge is 0.224 e. The van der Waals surface area contributed by atoms with Gasteiger partial charge in [-0.1, -0.05) is 35.9 Å². The molecule has 20 heavy (non-hydrogen) atoms. The number of hydrogen-bond donors (Lipinski definition) is 0. The molecule has 3 aromatic rings. The lowest BCUT2D eigenvalue weighted by molar-refractivity contribution is 0.627. The zero-order chi connectivity index (χ0) is 14.1. The van der Waals surface area contributed by atoms with E-state index >= 15 is 0 Å². The van der Waals surface area contributed by atoms with Crippen LogP contribution in [0, 0.1) is 11.6 Å². The molecule has 0 saturated heterocycles. The first kappa shape index (κ1) is 13.2. The first-order valence-electron chi connectivity index (χ1n) is 5.82. The van der Waals surface area contributed by atoms with Crippen molar-refractivity contribution in [3.8, 4) is 21.7 Å². The van der Waals surface area contributed by atoms with Crippen LogP contribution < -0.4 is 0 Å². The highest BCUT2D eigenvalue weighted by Crippen LogP contribution is 2.38. The first-order chi connectivity index (χ1) is 9.63. The van der Waals surface area contributed by atoms with Crippen LogP contribution in [0.3, 0.4) is 0 Å². The minimum Gasteiger partial charge on any atom is -0.224 e. The molecule has 0 radical (unpaired) electrons. The summed E-state index contributed by atoms with van der Waals surface area (Å²) in [5.74, 6) is -0.686. The molecule has 0 amide bonds. The van der Waals surface area contributed by atoms with Gasteiger partial charge in [-0.3, -0.25) is 0 Å². The molecule has 3 rings (SSSR count). The zero-order valence-electron chi connectivity index (χ0n) is 10.1. The van der Waals surface area contributed by atoms with Crippen molar-refractivity contribution in [1.82, 2.24) is 4.98 Å². The minimum atomic E-state index is -0.350. The summed E-state index contributed by atoms with van der Waals surface area (Å²) in [4.78, 5) is 4.95. The monoisotopic (exact) mass is 307 g/mol. The molecule has 0 saturated carbocycles. The highest BCUT2D eigenvalue weighted by Gasteiger charge is 2.15. The van der Waals surface area contributed by atoms with Gasteiger partial charge in [0.15, 0.2) is 4.47 Å². The number of benzene rings is 2. The van der Waals surface area contributed by atoms with E-state index in [0.29, 0.717) is 21.3 Å². The molecule has 0 unspecified atom stereocenters. The topological polar surface area (TPSA) is 12.9 Å². The number of rotatable bonds is 2. The molecule has 1 heterocycles. The molecule has 100 valence electrons. The normalized spacial score (nSPS) is 10.8. The molecular weight excluding hydrogens is 300 g/mol.